The van der Waals surface area contributed by atoms with Crippen LogP contribution in [0.5, 0.6) is 0 Å². The number of pyridine rings is 1. The molecule has 0 unspecified atom stereocenters. The molecular formula is C23H37N3O. The van der Waals surface area contributed by atoms with Crippen molar-refractivity contribution in [3.63, 3.8) is 0 Å². The van der Waals surface area contributed by atoms with E-state index in [4.69, 9.17) is 0 Å². The molecule has 0 amide bonds. The van der Waals surface area contributed by atoms with Crippen LogP contribution in [0, 0.1) is 12.1 Å². The van der Waals surface area contributed by atoms with E-state index in [0.717, 1.165) is 68.1 Å². The van der Waals surface area contributed by atoms with Crippen molar-refractivity contribution in [2.75, 3.05) is 36.0 Å². The van der Waals surface area contributed by atoms with Gasteiger partial charge in [-0.3, -0.25) is 4.90 Å². The van der Waals surface area contributed by atoms with Gasteiger partial charge in [0.1, 0.15) is 5.69 Å². The normalized spacial score (nSPS) is 15.1. The fourth-order valence-electron chi connectivity index (χ4n) is 3.71. The van der Waals surface area contributed by atoms with Crippen molar-refractivity contribution < 1.29 is 4.73 Å². The smallest absolute Gasteiger partial charge is 0.281 e. The maximum absolute atomic E-state index is 12.9. The molecule has 0 bridgehead atoms. The number of nitrogens with zero attached hydrogens (tertiary/aromatic N) is 3. The van der Waals surface area contributed by atoms with E-state index >= 15 is 0 Å². The molecule has 1 saturated heterocycles. The van der Waals surface area contributed by atoms with Gasteiger partial charge in [0.25, 0.3) is 5.82 Å². The fraction of sp³-hybridized carbons (Fsp3) is 0.609. The van der Waals surface area contributed by atoms with E-state index < -0.39 is 0 Å². The lowest BCUT2D eigenvalue weighted by Crippen LogP contribution is -2.42. The highest BCUT2D eigenvalue weighted by Crippen LogP contribution is 2.24. The first-order valence-electron chi connectivity index (χ1n) is 10.6. The van der Waals surface area contributed by atoms with E-state index in [1.165, 1.54) is 24.9 Å². The Bertz CT molecular complexity index is 600. The van der Waals surface area contributed by atoms with Gasteiger partial charge in [0.05, 0.1) is 19.2 Å². The largest absolute Gasteiger partial charge is 0.710 e. The van der Waals surface area contributed by atoms with Crippen molar-refractivity contribution in [1.29, 1.82) is 0 Å². The highest BCUT2D eigenvalue weighted by Gasteiger charge is 2.21. The van der Waals surface area contributed by atoms with Gasteiger partial charge in [-0.2, -0.15) is 0 Å². The number of unbranched alkanes of at least 4 members (excludes halogenated alkanes) is 2. The third kappa shape index (κ3) is 6.60. The fourth-order valence-corrected chi connectivity index (χ4v) is 3.71. The van der Waals surface area contributed by atoms with Gasteiger partial charge < -0.3 is 10.1 Å². The summed E-state index contributed by atoms with van der Waals surface area (Å²) < 4.78 is 1.12. The number of hydrogen-bond donors (Lipinski definition) is 0. The topological polar surface area (TPSA) is 33.4 Å². The molecule has 0 aliphatic carbocycles. The molecule has 0 spiro atoms. The summed E-state index contributed by atoms with van der Waals surface area (Å²) in [6.45, 7) is 10.1. The molecule has 1 aliphatic rings. The number of hydrogen-bond acceptors (Lipinski definition) is 3. The summed E-state index contributed by atoms with van der Waals surface area (Å²) in [5, 5.41) is 12.9. The van der Waals surface area contributed by atoms with Gasteiger partial charge in [-0.25, -0.2) is 4.73 Å². The SMILES string of the molecule is CC=CCCCN(CCCC=CC)c1cc(N2CCCCC2)cc(C)[n+]1[O-]. The van der Waals surface area contributed by atoms with Crippen molar-refractivity contribution in [3.05, 3.63) is 47.3 Å². The van der Waals surface area contributed by atoms with Crippen LogP contribution in [-0.4, -0.2) is 26.2 Å². The Labute approximate surface area is 165 Å². The monoisotopic (exact) mass is 371 g/mol. The number of aryl methyl sites for hydroxylation is 1. The molecule has 0 N–H and O–H groups in total. The van der Waals surface area contributed by atoms with E-state index in [0.29, 0.717) is 0 Å². The Hall–Kier alpha value is -1.97. The summed E-state index contributed by atoms with van der Waals surface area (Å²) in [7, 11) is 0. The molecule has 0 saturated carbocycles. The Morgan fingerprint density at radius 2 is 1.59 bits per heavy atom. The van der Waals surface area contributed by atoms with Gasteiger partial charge in [-0.05, 0) is 65.7 Å². The Balaban J connectivity index is 2.20. The lowest BCUT2D eigenvalue weighted by Gasteiger charge is -2.30. The summed E-state index contributed by atoms with van der Waals surface area (Å²) in [5.74, 6) is 0.816. The molecular weight excluding hydrogens is 334 g/mol. The molecule has 1 fully saturated rings. The van der Waals surface area contributed by atoms with Gasteiger partial charge in [-0.15, -0.1) is 0 Å². The number of rotatable bonds is 10. The number of aromatic nitrogens is 1. The maximum Gasteiger partial charge on any atom is 0.281 e. The average molecular weight is 372 g/mol. The minimum atomic E-state index is 0.792. The van der Waals surface area contributed by atoms with Gasteiger partial charge >= 0.3 is 0 Å². The molecule has 2 rings (SSSR count). The molecule has 27 heavy (non-hydrogen) atoms. The number of piperidine rings is 1. The molecule has 1 aromatic heterocycles. The highest BCUT2D eigenvalue weighted by molar-refractivity contribution is 5.54. The number of anilines is 2. The predicted octanol–water partition coefficient (Wildman–Crippen LogP) is 5.14. The summed E-state index contributed by atoms with van der Waals surface area (Å²) in [6.07, 6.45) is 16.7. The third-order valence-corrected chi connectivity index (χ3v) is 5.28. The van der Waals surface area contributed by atoms with E-state index in [9.17, 15) is 5.21 Å². The van der Waals surface area contributed by atoms with Crippen LogP contribution in [0.25, 0.3) is 0 Å². The standard InChI is InChI=1S/C23H37N3O/c1-4-6-8-11-17-25(18-12-9-7-5-2)23-20-22(19-21(3)26(23)27)24-15-13-10-14-16-24/h4-7,19-20H,8-18H2,1-3H3. The van der Waals surface area contributed by atoms with Crippen LogP contribution in [0.4, 0.5) is 11.5 Å². The van der Waals surface area contributed by atoms with Crippen LogP contribution in [-0.2, 0) is 0 Å². The van der Waals surface area contributed by atoms with Crippen LogP contribution < -0.4 is 14.5 Å². The molecule has 0 atom stereocenters. The molecule has 0 radical (unpaired) electrons. The first-order valence-corrected chi connectivity index (χ1v) is 10.6. The van der Waals surface area contributed by atoms with Crippen LogP contribution in [0.15, 0.2) is 36.4 Å². The van der Waals surface area contributed by atoms with Crippen molar-refractivity contribution in [3.8, 4) is 0 Å². The third-order valence-electron chi connectivity index (χ3n) is 5.28. The van der Waals surface area contributed by atoms with Gasteiger partial charge in [0, 0.05) is 24.8 Å². The summed E-state index contributed by atoms with van der Waals surface area (Å²) in [4.78, 5) is 4.73. The minimum absolute atomic E-state index is 0.792. The summed E-state index contributed by atoms with van der Waals surface area (Å²) >= 11 is 0. The molecule has 0 aromatic carbocycles. The second-order valence-electron chi connectivity index (χ2n) is 7.46. The predicted molar refractivity (Wildman–Crippen MR) is 117 cm³/mol. The van der Waals surface area contributed by atoms with E-state index in [1.54, 1.807) is 0 Å². The van der Waals surface area contributed by atoms with E-state index in [2.05, 4.69) is 60.1 Å². The molecule has 1 aromatic rings. The van der Waals surface area contributed by atoms with Crippen LogP contribution in [0.1, 0.15) is 64.5 Å². The van der Waals surface area contributed by atoms with Crippen LogP contribution in [0.2, 0.25) is 0 Å². The second kappa shape index (κ2) is 11.7. The van der Waals surface area contributed by atoms with Gasteiger partial charge in [-0.1, -0.05) is 24.3 Å². The molecule has 2 heterocycles. The zero-order valence-corrected chi connectivity index (χ0v) is 17.5. The average Bonchev–Trinajstić information content (AvgIpc) is 2.69. The number of allylic oxidation sites excluding steroid dienone is 4. The Kier molecular flexibility index (Phi) is 9.23. The molecule has 1 aliphatic heterocycles. The Morgan fingerprint density at radius 3 is 2.15 bits per heavy atom. The maximum atomic E-state index is 12.9. The molecule has 150 valence electrons. The first kappa shape index (κ1) is 21.3. The lowest BCUT2D eigenvalue weighted by atomic mass is 10.1. The van der Waals surface area contributed by atoms with Crippen molar-refractivity contribution in [1.82, 2.24) is 0 Å². The molecule has 4 heteroatoms. The van der Waals surface area contributed by atoms with E-state index in [-0.39, 0.29) is 0 Å². The summed E-state index contributed by atoms with van der Waals surface area (Å²) in [6, 6.07) is 4.18. The Morgan fingerprint density at radius 1 is 1.00 bits per heavy atom. The second-order valence-corrected chi connectivity index (χ2v) is 7.46. The van der Waals surface area contributed by atoms with Crippen molar-refractivity contribution >= 4 is 11.5 Å². The van der Waals surface area contributed by atoms with Gasteiger partial charge in [0.2, 0.25) is 0 Å². The molecule has 4 nitrogen and oxygen atoms in total. The first-order chi connectivity index (χ1) is 13.2. The zero-order valence-electron chi connectivity index (χ0n) is 17.5. The van der Waals surface area contributed by atoms with Crippen molar-refractivity contribution in [2.24, 2.45) is 0 Å². The highest BCUT2D eigenvalue weighted by atomic mass is 16.5. The quantitative estimate of drug-likeness (QED) is 0.247. The van der Waals surface area contributed by atoms with E-state index in [1.807, 2.05) is 6.92 Å². The van der Waals surface area contributed by atoms with Gasteiger partial charge in [0.15, 0.2) is 0 Å². The minimum Gasteiger partial charge on any atom is -0.710 e. The van der Waals surface area contributed by atoms with Crippen LogP contribution >= 0.6 is 0 Å². The van der Waals surface area contributed by atoms with Crippen molar-refractivity contribution in [2.45, 2.75) is 65.7 Å². The van der Waals surface area contributed by atoms with Crippen LogP contribution in [0.3, 0.4) is 0 Å². The summed E-state index contributed by atoms with van der Waals surface area (Å²) in [5.41, 5.74) is 2.00. The zero-order chi connectivity index (χ0) is 19.5. The lowest BCUT2D eigenvalue weighted by molar-refractivity contribution is -0.599.